The molecule has 0 radical (unpaired) electrons. The van der Waals surface area contributed by atoms with Crippen LogP contribution in [0.25, 0.3) is 0 Å². The molecule has 2 heterocycles. The van der Waals surface area contributed by atoms with Gasteiger partial charge in [0.2, 0.25) is 5.91 Å². The van der Waals surface area contributed by atoms with Crippen LogP contribution < -0.4 is 10.1 Å². The number of hydrogen-bond donors (Lipinski definition) is 1. The van der Waals surface area contributed by atoms with Crippen molar-refractivity contribution in [3.05, 3.63) is 65.2 Å². The van der Waals surface area contributed by atoms with E-state index in [1.165, 1.54) is 0 Å². The van der Waals surface area contributed by atoms with Gasteiger partial charge in [-0.05, 0) is 36.4 Å². The molecule has 4 rings (SSSR count). The molecule has 2 aromatic rings. The van der Waals surface area contributed by atoms with Crippen LogP contribution >= 0.6 is 0 Å². The van der Waals surface area contributed by atoms with Crippen LogP contribution in [0.5, 0.6) is 5.75 Å². The Kier molecular flexibility index (Phi) is 6.69. The molecule has 2 aliphatic rings. The molecule has 2 aliphatic heterocycles. The van der Waals surface area contributed by atoms with Crippen molar-refractivity contribution < 1.29 is 23.9 Å². The van der Waals surface area contributed by atoms with E-state index < -0.39 is 11.8 Å². The van der Waals surface area contributed by atoms with Gasteiger partial charge in [0.1, 0.15) is 12.3 Å². The molecule has 9 nitrogen and oxygen atoms in total. The fourth-order valence-corrected chi connectivity index (χ4v) is 4.01. The van der Waals surface area contributed by atoms with Crippen LogP contribution in [0.1, 0.15) is 31.1 Å². The first-order chi connectivity index (χ1) is 16.0. The average molecular weight is 450 g/mol. The van der Waals surface area contributed by atoms with Crippen LogP contribution in [-0.4, -0.2) is 91.3 Å². The Balaban J connectivity index is 1.20. The molecule has 0 spiro atoms. The predicted octanol–water partition coefficient (Wildman–Crippen LogP) is 0.865. The number of fused-ring (bicyclic) bond motifs is 1. The second-order valence-corrected chi connectivity index (χ2v) is 7.95. The number of nitrogens with one attached hydrogen (secondary N) is 1. The number of hydrogen-bond acceptors (Lipinski definition) is 6. The normalized spacial score (nSPS) is 16.0. The van der Waals surface area contributed by atoms with E-state index in [9.17, 15) is 19.2 Å². The molecule has 9 heteroatoms. The van der Waals surface area contributed by atoms with Gasteiger partial charge in [0.05, 0.1) is 18.2 Å². The topological polar surface area (TPSA) is 99.3 Å². The number of amides is 4. The van der Waals surface area contributed by atoms with Gasteiger partial charge in [-0.1, -0.05) is 12.1 Å². The van der Waals surface area contributed by atoms with Crippen molar-refractivity contribution in [3.63, 3.8) is 0 Å². The fourth-order valence-electron chi connectivity index (χ4n) is 4.01. The zero-order valence-electron chi connectivity index (χ0n) is 18.5. The lowest BCUT2D eigenvalue weighted by atomic mass is 10.1. The summed E-state index contributed by atoms with van der Waals surface area (Å²) in [5, 5.41) is 2.90. The van der Waals surface area contributed by atoms with Gasteiger partial charge in [0.15, 0.2) is 0 Å². The van der Waals surface area contributed by atoms with Gasteiger partial charge in [-0.2, -0.15) is 0 Å². The van der Waals surface area contributed by atoms with Crippen LogP contribution in [0.15, 0.2) is 48.5 Å². The second-order valence-electron chi connectivity index (χ2n) is 7.95. The largest absolute Gasteiger partial charge is 0.497 e. The molecular formula is C24H26N4O5. The van der Waals surface area contributed by atoms with Gasteiger partial charge in [0.25, 0.3) is 17.7 Å². The highest BCUT2D eigenvalue weighted by Gasteiger charge is 2.37. The van der Waals surface area contributed by atoms with Gasteiger partial charge < -0.3 is 15.0 Å². The predicted molar refractivity (Wildman–Crippen MR) is 120 cm³/mol. The van der Waals surface area contributed by atoms with Crippen molar-refractivity contribution in [1.82, 2.24) is 20.0 Å². The quantitative estimate of drug-likeness (QED) is 0.629. The molecule has 4 amide bonds. The van der Waals surface area contributed by atoms with Crippen molar-refractivity contribution >= 4 is 23.6 Å². The third-order valence-corrected chi connectivity index (χ3v) is 5.96. The van der Waals surface area contributed by atoms with E-state index in [4.69, 9.17) is 4.74 Å². The van der Waals surface area contributed by atoms with Gasteiger partial charge >= 0.3 is 0 Å². The van der Waals surface area contributed by atoms with E-state index in [-0.39, 0.29) is 18.4 Å². The minimum absolute atomic E-state index is 0.146. The molecule has 0 aliphatic carbocycles. The summed E-state index contributed by atoms with van der Waals surface area (Å²) in [7, 11) is 1.58. The van der Waals surface area contributed by atoms with Gasteiger partial charge in [-0.3, -0.25) is 29.0 Å². The number of piperazine rings is 1. The molecule has 0 aromatic heterocycles. The maximum Gasteiger partial charge on any atom is 0.262 e. The number of carbonyl (C=O) groups is 4. The molecule has 0 atom stereocenters. The monoisotopic (exact) mass is 450 g/mol. The lowest BCUT2D eigenvalue weighted by Crippen LogP contribution is -2.52. The number of methoxy groups -OCH3 is 1. The van der Waals surface area contributed by atoms with Crippen LogP contribution in [0.3, 0.4) is 0 Å². The molecule has 0 unspecified atom stereocenters. The zero-order valence-corrected chi connectivity index (χ0v) is 18.5. The van der Waals surface area contributed by atoms with Crippen molar-refractivity contribution in [3.8, 4) is 5.75 Å². The first kappa shape index (κ1) is 22.5. The van der Waals surface area contributed by atoms with E-state index in [2.05, 4.69) is 10.2 Å². The summed E-state index contributed by atoms with van der Waals surface area (Å²) in [5.74, 6) is -0.531. The summed E-state index contributed by atoms with van der Waals surface area (Å²) < 4.78 is 5.09. The van der Waals surface area contributed by atoms with Crippen molar-refractivity contribution in [2.45, 2.75) is 0 Å². The maximum absolute atomic E-state index is 12.7. The molecule has 2 aromatic carbocycles. The summed E-state index contributed by atoms with van der Waals surface area (Å²) in [6, 6.07) is 13.5. The Morgan fingerprint density at radius 3 is 2.09 bits per heavy atom. The van der Waals surface area contributed by atoms with Crippen LogP contribution in [-0.2, 0) is 4.79 Å². The Labute approximate surface area is 191 Å². The molecule has 1 fully saturated rings. The first-order valence-electron chi connectivity index (χ1n) is 10.9. The van der Waals surface area contributed by atoms with E-state index >= 15 is 0 Å². The summed E-state index contributed by atoms with van der Waals surface area (Å²) in [4.78, 5) is 54.8. The van der Waals surface area contributed by atoms with E-state index in [0.717, 1.165) is 4.90 Å². The number of benzene rings is 2. The lowest BCUT2D eigenvalue weighted by Gasteiger charge is -2.35. The number of nitrogens with zero attached hydrogens (tertiary/aromatic N) is 3. The van der Waals surface area contributed by atoms with Gasteiger partial charge in [0, 0.05) is 44.8 Å². The third kappa shape index (κ3) is 4.88. The molecular weight excluding hydrogens is 424 g/mol. The van der Waals surface area contributed by atoms with E-state index in [1.807, 2.05) is 0 Å². The lowest BCUT2D eigenvalue weighted by molar-refractivity contribution is -0.133. The Bertz CT molecular complexity index is 1030. The fraction of sp³-hybridized carbons (Fsp3) is 0.333. The van der Waals surface area contributed by atoms with Gasteiger partial charge in [-0.25, -0.2) is 0 Å². The van der Waals surface area contributed by atoms with Gasteiger partial charge in [-0.15, -0.1) is 0 Å². The minimum atomic E-state index is -0.421. The number of rotatable bonds is 7. The Morgan fingerprint density at radius 2 is 1.52 bits per heavy atom. The van der Waals surface area contributed by atoms with Crippen molar-refractivity contribution in [2.75, 3.05) is 52.9 Å². The highest BCUT2D eigenvalue weighted by molar-refractivity contribution is 6.22. The van der Waals surface area contributed by atoms with Crippen LogP contribution in [0.4, 0.5) is 0 Å². The first-order valence-corrected chi connectivity index (χ1v) is 10.9. The maximum atomic E-state index is 12.7. The Morgan fingerprint density at radius 1 is 0.909 bits per heavy atom. The molecule has 0 bridgehead atoms. The molecule has 172 valence electrons. The molecule has 1 N–H and O–H groups in total. The number of imide groups is 1. The highest BCUT2D eigenvalue weighted by Crippen LogP contribution is 2.22. The summed E-state index contributed by atoms with van der Waals surface area (Å²) in [5.41, 5.74) is 1.26. The van der Waals surface area contributed by atoms with E-state index in [0.29, 0.717) is 61.7 Å². The zero-order chi connectivity index (χ0) is 23.4. The minimum Gasteiger partial charge on any atom is -0.497 e. The Hall–Kier alpha value is -3.72. The van der Waals surface area contributed by atoms with E-state index in [1.54, 1.807) is 60.5 Å². The SMILES string of the molecule is COc1ccc(C(=O)NCCN2CCN(C(=O)CN3C(=O)c4ccccc4C3=O)CC2)cc1. The summed E-state index contributed by atoms with van der Waals surface area (Å²) in [6.45, 7) is 3.25. The third-order valence-electron chi connectivity index (χ3n) is 5.96. The highest BCUT2D eigenvalue weighted by atomic mass is 16.5. The number of carbonyl (C=O) groups excluding carboxylic acids is 4. The second kappa shape index (κ2) is 9.83. The summed E-state index contributed by atoms with van der Waals surface area (Å²) in [6.07, 6.45) is 0. The number of ether oxygens (including phenoxy) is 1. The van der Waals surface area contributed by atoms with Crippen molar-refractivity contribution in [1.29, 1.82) is 0 Å². The van der Waals surface area contributed by atoms with Crippen LogP contribution in [0.2, 0.25) is 0 Å². The molecule has 0 saturated carbocycles. The summed E-state index contributed by atoms with van der Waals surface area (Å²) >= 11 is 0. The van der Waals surface area contributed by atoms with Crippen molar-refractivity contribution in [2.24, 2.45) is 0 Å². The smallest absolute Gasteiger partial charge is 0.262 e. The van der Waals surface area contributed by atoms with Crippen LogP contribution in [0, 0.1) is 0 Å². The average Bonchev–Trinajstić information content (AvgIpc) is 3.09. The molecule has 1 saturated heterocycles. The molecule has 33 heavy (non-hydrogen) atoms. The standard InChI is InChI=1S/C24H26N4O5/c1-33-18-8-6-17(7-9-18)22(30)25-10-11-26-12-14-27(15-13-26)21(29)16-28-23(31)19-4-2-3-5-20(19)24(28)32/h2-9H,10-16H2,1H3,(H,25,30).